The third-order valence-electron chi connectivity index (χ3n) is 12.7. The molecule has 0 unspecified atom stereocenters. The number of benzene rings is 6. The van der Waals surface area contributed by atoms with E-state index in [1.807, 2.05) is 0 Å². The summed E-state index contributed by atoms with van der Waals surface area (Å²) < 4.78 is 0. The van der Waals surface area contributed by atoms with Crippen molar-refractivity contribution in [2.75, 3.05) is 4.90 Å². The van der Waals surface area contributed by atoms with E-state index < -0.39 is 0 Å². The van der Waals surface area contributed by atoms with Crippen LogP contribution >= 0.6 is 0 Å². The molecule has 10 rings (SSSR count). The quantitative estimate of drug-likeness (QED) is 0.180. The number of hydrogen-bond donors (Lipinski definition) is 0. The van der Waals surface area contributed by atoms with Crippen LogP contribution in [0.3, 0.4) is 0 Å². The van der Waals surface area contributed by atoms with Crippen molar-refractivity contribution in [1.29, 1.82) is 0 Å². The summed E-state index contributed by atoms with van der Waals surface area (Å²) in [5.41, 5.74) is 17.3. The highest BCUT2D eigenvalue weighted by atomic mass is 15.1. The fourth-order valence-corrected chi connectivity index (χ4v) is 10.3. The van der Waals surface area contributed by atoms with Crippen LogP contribution in [-0.4, -0.2) is 0 Å². The van der Waals surface area contributed by atoms with E-state index in [1.165, 1.54) is 137 Å². The minimum absolute atomic E-state index is 0.351. The molecular weight excluding hydrogens is 603 g/mol. The number of nitrogens with zero attached hydrogens (tertiary/aromatic N) is 1. The molecule has 0 radical (unpaired) electrons. The lowest BCUT2D eigenvalue weighted by Gasteiger charge is -2.32. The summed E-state index contributed by atoms with van der Waals surface area (Å²) in [5, 5.41) is 0. The Balaban J connectivity index is 1.15. The highest BCUT2D eigenvalue weighted by Crippen LogP contribution is 2.63. The van der Waals surface area contributed by atoms with Crippen LogP contribution in [0.5, 0.6) is 0 Å². The summed E-state index contributed by atoms with van der Waals surface area (Å²) in [7, 11) is 0. The first-order valence-corrected chi connectivity index (χ1v) is 19.2. The van der Waals surface area contributed by atoms with Crippen molar-refractivity contribution < 1.29 is 0 Å². The first kappa shape index (κ1) is 30.0. The predicted molar refractivity (Wildman–Crippen MR) is 209 cm³/mol. The monoisotopic (exact) mass is 647 g/mol. The summed E-state index contributed by atoms with van der Waals surface area (Å²) in [6.45, 7) is 0. The van der Waals surface area contributed by atoms with Gasteiger partial charge in [0.1, 0.15) is 0 Å². The van der Waals surface area contributed by atoms with Gasteiger partial charge in [0, 0.05) is 17.1 Å². The molecule has 0 atom stereocenters. The van der Waals surface area contributed by atoms with E-state index in [9.17, 15) is 0 Å². The van der Waals surface area contributed by atoms with Crippen molar-refractivity contribution in [1.82, 2.24) is 0 Å². The highest BCUT2D eigenvalue weighted by Gasteiger charge is 2.51. The molecule has 0 amide bonds. The molecule has 4 aliphatic carbocycles. The summed E-state index contributed by atoms with van der Waals surface area (Å²) in [6.07, 6.45) is 13.5. The number of fused-ring (bicyclic) bond motifs is 10. The second-order valence-electron chi connectivity index (χ2n) is 15.3. The summed E-state index contributed by atoms with van der Waals surface area (Å²) in [5.74, 6) is 1.39. The normalized spacial score (nSPS) is 17.6. The minimum Gasteiger partial charge on any atom is -0.310 e. The molecule has 6 aromatic carbocycles. The van der Waals surface area contributed by atoms with Gasteiger partial charge < -0.3 is 4.90 Å². The Kier molecular flexibility index (Phi) is 7.30. The molecule has 0 aromatic heterocycles. The molecule has 1 heteroatoms. The van der Waals surface area contributed by atoms with Crippen LogP contribution < -0.4 is 4.90 Å². The topological polar surface area (TPSA) is 3.24 Å². The molecule has 4 aliphatic rings. The molecule has 2 saturated carbocycles. The Bertz CT molecular complexity index is 2050. The first-order chi connectivity index (χ1) is 24.8. The van der Waals surface area contributed by atoms with Gasteiger partial charge >= 0.3 is 0 Å². The Morgan fingerprint density at radius 1 is 0.360 bits per heavy atom. The van der Waals surface area contributed by atoms with Crippen LogP contribution in [0, 0.1) is 0 Å². The highest BCUT2D eigenvalue weighted by molar-refractivity contribution is 5.96. The molecule has 50 heavy (non-hydrogen) atoms. The van der Waals surface area contributed by atoms with Gasteiger partial charge in [0.05, 0.1) is 5.41 Å². The van der Waals surface area contributed by atoms with Crippen molar-refractivity contribution in [3.63, 3.8) is 0 Å². The maximum Gasteiger partial charge on any atom is 0.0726 e. The van der Waals surface area contributed by atoms with Crippen molar-refractivity contribution in [3.05, 3.63) is 173 Å². The van der Waals surface area contributed by atoms with Gasteiger partial charge in [-0.2, -0.15) is 0 Å². The van der Waals surface area contributed by atoms with Gasteiger partial charge in [0.15, 0.2) is 0 Å². The third-order valence-corrected chi connectivity index (χ3v) is 12.7. The molecule has 6 aromatic rings. The maximum atomic E-state index is 2.53. The Hall–Kier alpha value is -4.88. The fourth-order valence-electron chi connectivity index (χ4n) is 10.3. The zero-order valence-electron chi connectivity index (χ0n) is 29.0. The van der Waals surface area contributed by atoms with Crippen LogP contribution in [0.2, 0.25) is 0 Å². The van der Waals surface area contributed by atoms with Crippen molar-refractivity contribution in [2.24, 2.45) is 0 Å². The Morgan fingerprint density at radius 2 is 0.740 bits per heavy atom. The molecule has 1 spiro atoms. The molecule has 2 fully saturated rings. The summed E-state index contributed by atoms with van der Waals surface area (Å²) in [6, 6.07) is 53.9. The van der Waals surface area contributed by atoms with E-state index >= 15 is 0 Å². The minimum atomic E-state index is -0.351. The lowest BCUT2D eigenvalue weighted by Crippen LogP contribution is -2.26. The van der Waals surface area contributed by atoms with Gasteiger partial charge in [0.2, 0.25) is 0 Å². The first-order valence-electron chi connectivity index (χ1n) is 19.2. The maximum absolute atomic E-state index is 2.53. The zero-order chi connectivity index (χ0) is 33.1. The van der Waals surface area contributed by atoms with E-state index in [0.717, 1.165) is 0 Å². The fraction of sp³-hybridized carbons (Fsp3) is 0.265. The van der Waals surface area contributed by atoms with E-state index in [-0.39, 0.29) is 5.41 Å². The largest absolute Gasteiger partial charge is 0.310 e. The third kappa shape index (κ3) is 4.59. The van der Waals surface area contributed by atoms with Gasteiger partial charge in [0.25, 0.3) is 0 Å². The number of anilines is 3. The van der Waals surface area contributed by atoms with E-state index in [1.54, 1.807) is 0 Å². The van der Waals surface area contributed by atoms with E-state index in [0.29, 0.717) is 11.8 Å². The second kappa shape index (κ2) is 12.2. The Morgan fingerprint density at radius 3 is 1.18 bits per heavy atom. The smallest absolute Gasteiger partial charge is 0.0726 e. The van der Waals surface area contributed by atoms with Gasteiger partial charge in [-0.15, -0.1) is 0 Å². The molecule has 0 saturated heterocycles. The van der Waals surface area contributed by atoms with E-state index in [4.69, 9.17) is 0 Å². The molecule has 0 aliphatic heterocycles. The van der Waals surface area contributed by atoms with Gasteiger partial charge in [-0.1, -0.05) is 142 Å². The average molecular weight is 648 g/mol. The van der Waals surface area contributed by atoms with Crippen molar-refractivity contribution in [3.8, 4) is 22.3 Å². The molecule has 0 bridgehead atoms. The summed E-state index contributed by atoms with van der Waals surface area (Å²) in [4.78, 5) is 2.51. The van der Waals surface area contributed by atoms with Crippen LogP contribution in [0.1, 0.15) is 109 Å². The molecule has 0 heterocycles. The summed E-state index contributed by atoms with van der Waals surface area (Å²) >= 11 is 0. The van der Waals surface area contributed by atoms with Crippen LogP contribution in [-0.2, 0) is 5.41 Å². The second-order valence-corrected chi connectivity index (χ2v) is 15.3. The Labute approximate surface area is 297 Å². The number of rotatable bonds is 5. The van der Waals surface area contributed by atoms with Gasteiger partial charge in [-0.3, -0.25) is 0 Å². The van der Waals surface area contributed by atoms with Crippen LogP contribution in [0.25, 0.3) is 22.3 Å². The standard InChI is InChI=1S/C49H45N/c1-3-13-34(14-4-1)36-23-27-38(28-24-36)50(39-29-25-37(26-30-39)35-15-5-2-6-16-35)40-31-32-44-43-19-9-12-22-47(43)49(48(44)33-40)45-20-10-7-17-41(45)42-18-8-11-21-46(42)49/h7-12,17-35H,1-6,13-16H2. The predicted octanol–water partition coefficient (Wildman–Crippen LogP) is 13.6. The molecule has 0 N–H and O–H groups in total. The lowest BCUT2D eigenvalue weighted by atomic mass is 9.70. The van der Waals surface area contributed by atoms with Gasteiger partial charge in [-0.05, 0) is 130 Å². The van der Waals surface area contributed by atoms with Crippen LogP contribution in [0.15, 0.2) is 140 Å². The zero-order valence-corrected chi connectivity index (χ0v) is 29.0. The van der Waals surface area contributed by atoms with Crippen LogP contribution in [0.4, 0.5) is 17.1 Å². The molecule has 1 nitrogen and oxygen atoms in total. The number of hydrogen-bond acceptors (Lipinski definition) is 1. The molecule has 246 valence electrons. The van der Waals surface area contributed by atoms with Crippen molar-refractivity contribution >= 4 is 17.1 Å². The van der Waals surface area contributed by atoms with Gasteiger partial charge in [-0.25, -0.2) is 0 Å². The molecular formula is C49H45N. The lowest BCUT2D eigenvalue weighted by molar-refractivity contribution is 0.443. The van der Waals surface area contributed by atoms with Crippen molar-refractivity contribution in [2.45, 2.75) is 81.5 Å². The average Bonchev–Trinajstić information content (AvgIpc) is 3.66. The SMILES string of the molecule is c1ccc2c(c1)-c1ccccc1C21c2ccccc2-c2ccc(N(c3ccc(C4CCCCC4)cc3)c3ccc(C4CCCCC4)cc3)cc21. The van der Waals surface area contributed by atoms with E-state index in [2.05, 4.69) is 144 Å².